The Hall–Kier alpha value is -3.49. The highest BCUT2D eigenvalue weighted by Gasteiger charge is 2.17. The van der Waals surface area contributed by atoms with Gasteiger partial charge in [-0.05, 0) is 39.0 Å². The normalized spacial score (nSPS) is 11.2. The number of aromatic hydroxyl groups is 1. The van der Waals surface area contributed by atoms with Crippen LogP contribution < -0.4 is 19.5 Å². The Kier molecular flexibility index (Phi) is 6.87. The molecule has 156 valence electrons. The first kappa shape index (κ1) is 21.8. The maximum absolute atomic E-state index is 11.9. The molecule has 0 aliphatic rings. The fourth-order valence-corrected chi connectivity index (χ4v) is 2.34. The van der Waals surface area contributed by atoms with Crippen molar-refractivity contribution in [2.45, 2.75) is 26.4 Å². The van der Waals surface area contributed by atoms with Crippen LogP contribution in [0.5, 0.6) is 23.0 Å². The zero-order chi connectivity index (χ0) is 21.6. The third-order valence-corrected chi connectivity index (χ3v) is 3.55. The lowest BCUT2D eigenvalue weighted by Gasteiger charge is -2.19. The summed E-state index contributed by atoms with van der Waals surface area (Å²) >= 11 is 0. The van der Waals surface area contributed by atoms with E-state index in [1.165, 1.54) is 33.5 Å². The maximum Gasteiger partial charge on any atom is 0.412 e. The summed E-state index contributed by atoms with van der Waals surface area (Å²) < 4.78 is 21.0. The number of rotatable bonds is 6. The maximum atomic E-state index is 11.9. The Balaban J connectivity index is 2.26. The van der Waals surface area contributed by atoms with Crippen molar-refractivity contribution in [3.05, 3.63) is 30.3 Å². The molecule has 0 saturated carbocycles. The van der Waals surface area contributed by atoms with Crippen LogP contribution >= 0.6 is 0 Å². The summed E-state index contributed by atoms with van der Waals surface area (Å²) in [4.78, 5) is 11.9. The first-order chi connectivity index (χ1) is 13.7. The number of nitrogens with one attached hydrogen (secondary N) is 1. The van der Waals surface area contributed by atoms with Crippen molar-refractivity contribution >= 4 is 23.2 Å². The molecular formula is C20H25N3O6. The summed E-state index contributed by atoms with van der Waals surface area (Å²) in [6, 6.07) is 7.71. The van der Waals surface area contributed by atoms with Gasteiger partial charge >= 0.3 is 6.09 Å². The van der Waals surface area contributed by atoms with Crippen LogP contribution in [0.4, 0.5) is 21.9 Å². The Morgan fingerprint density at radius 3 is 2.03 bits per heavy atom. The van der Waals surface area contributed by atoms with Crippen LogP contribution in [-0.4, -0.2) is 38.1 Å². The highest BCUT2D eigenvalue weighted by molar-refractivity contribution is 5.87. The van der Waals surface area contributed by atoms with Gasteiger partial charge in [-0.1, -0.05) is 0 Å². The number of anilines is 1. The molecule has 2 rings (SSSR count). The molecule has 0 saturated heterocycles. The summed E-state index contributed by atoms with van der Waals surface area (Å²) in [5.41, 5.74) is 0.362. The Labute approximate surface area is 169 Å². The molecule has 0 heterocycles. The van der Waals surface area contributed by atoms with E-state index in [1.807, 2.05) is 0 Å². The largest absolute Gasteiger partial charge is 0.506 e. The minimum atomic E-state index is -0.688. The number of amides is 1. The molecule has 0 aliphatic heterocycles. The van der Waals surface area contributed by atoms with Crippen molar-refractivity contribution in [1.29, 1.82) is 0 Å². The second-order valence-electron chi connectivity index (χ2n) is 6.91. The van der Waals surface area contributed by atoms with Crippen LogP contribution in [0.15, 0.2) is 40.6 Å². The van der Waals surface area contributed by atoms with E-state index in [9.17, 15) is 9.90 Å². The number of nitrogens with zero attached hydrogens (tertiary/aromatic N) is 2. The number of phenolic OH excluding ortho intramolecular Hbond substituents is 1. The van der Waals surface area contributed by atoms with Gasteiger partial charge in [0.25, 0.3) is 0 Å². The topological polar surface area (TPSA) is 111 Å². The number of carbonyl (C=O) groups is 1. The number of methoxy groups -OCH3 is 3. The highest BCUT2D eigenvalue weighted by atomic mass is 16.6. The van der Waals surface area contributed by atoms with Gasteiger partial charge in [0.2, 0.25) is 5.75 Å². The summed E-state index contributed by atoms with van der Waals surface area (Å²) in [5.74, 6) is 1.21. The SMILES string of the molecule is COc1cc(N=Nc2ccc(O)c(NC(=O)OC(C)(C)C)c2)cc(OC)c1OC. The van der Waals surface area contributed by atoms with Gasteiger partial charge in [-0.3, -0.25) is 5.32 Å². The average Bonchev–Trinajstić information content (AvgIpc) is 2.66. The van der Waals surface area contributed by atoms with Gasteiger partial charge in [-0.2, -0.15) is 10.2 Å². The standard InChI is InChI=1S/C20H25N3O6/c1-20(2,3)29-19(25)21-14-9-12(7-8-15(14)24)22-23-13-10-16(26-4)18(28-6)17(11-13)27-5/h7-11,24H,1-6H3,(H,21,25). The number of hydrogen-bond donors (Lipinski definition) is 2. The molecule has 0 spiro atoms. The fraction of sp³-hybridized carbons (Fsp3) is 0.350. The van der Waals surface area contributed by atoms with Crippen molar-refractivity contribution in [3.8, 4) is 23.0 Å². The minimum Gasteiger partial charge on any atom is -0.506 e. The summed E-state index contributed by atoms with van der Waals surface area (Å²) in [5, 5.41) is 20.8. The van der Waals surface area contributed by atoms with Gasteiger partial charge in [0.1, 0.15) is 11.4 Å². The average molecular weight is 403 g/mol. The zero-order valence-electron chi connectivity index (χ0n) is 17.3. The monoisotopic (exact) mass is 403 g/mol. The van der Waals surface area contributed by atoms with E-state index in [4.69, 9.17) is 18.9 Å². The van der Waals surface area contributed by atoms with E-state index in [2.05, 4.69) is 15.5 Å². The van der Waals surface area contributed by atoms with Crippen LogP contribution in [0, 0.1) is 0 Å². The van der Waals surface area contributed by atoms with E-state index in [0.29, 0.717) is 28.6 Å². The van der Waals surface area contributed by atoms with Crippen LogP contribution in [0.2, 0.25) is 0 Å². The molecule has 0 bridgehead atoms. The van der Waals surface area contributed by atoms with Crippen molar-refractivity contribution in [3.63, 3.8) is 0 Å². The van der Waals surface area contributed by atoms with E-state index >= 15 is 0 Å². The predicted octanol–water partition coefficient (Wildman–Crippen LogP) is 5.18. The van der Waals surface area contributed by atoms with Crippen LogP contribution in [0.25, 0.3) is 0 Å². The molecule has 1 amide bonds. The smallest absolute Gasteiger partial charge is 0.412 e. The van der Waals surface area contributed by atoms with Crippen molar-refractivity contribution in [2.24, 2.45) is 10.2 Å². The zero-order valence-corrected chi connectivity index (χ0v) is 17.3. The molecule has 29 heavy (non-hydrogen) atoms. The third-order valence-electron chi connectivity index (χ3n) is 3.55. The molecule has 2 aromatic carbocycles. The number of carbonyl (C=O) groups excluding carboxylic acids is 1. The summed E-state index contributed by atoms with van der Waals surface area (Å²) in [7, 11) is 4.52. The molecule has 9 nitrogen and oxygen atoms in total. The van der Waals surface area contributed by atoms with E-state index in [0.717, 1.165) is 0 Å². The van der Waals surface area contributed by atoms with Gasteiger partial charge in [0.05, 0.1) is 38.4 Å². The number of ether oxygens (including phenoxy) is 4. The molecule has 0 aromatic heterocycles. The van der Waals surface area contributed by atoms with Gasteiger partial charge in [0.15, 0.2) is 11.5 Å². The fourth-order valence-electron chi connectivity index (χ4n) is 2.34. The first-order valence-corrected chi connectivity index (χ1v) is 8.71. The predicted molar refractivity (Wildman–Crippen MR) is 108 cm³/mol. The lowest BCUT2D eigenvalue weighted by molar-refractivity contribution is 0.0635. The molecule has 0 atom stereocenters. The van der Waals surface area contributed by atoms with E-state index in [-0.39, 0.29) is 11.4 Å². The van der Waals surface area contributed by atoms with Crippen LogP contribution in [0.1, 0.15) is 20.8 Å². The van der Waals surface area contributed by atoms with Gasteiger partial charge in [-0.25, -0.2) is 4.79 Å². The lowest BCUT2D eigenvalue weighted by Crippen LogP contribution is -2.27. The summed E-state index contributed by atoms with van der Waals surface area (Å²) in [6.45, 7) is 5.23. The molecule has 2 N–H and O–H groups in total. The van der Waals surface area contributed by atoms with Crippen LogP contribution in [-0.2, 0) is 4.74 Å². The highest BCUT2D eigenvalue weighted by Crippen LogP contribution is 2.41. The first-order valence-electron chi connectivity index (χ1n) is 8.71. The van der Waals surface area contributed by atoms with Crippen molar-refractivity contribution < 1.29 is 28.8 Å². The van der Waals surface area contributed by atoms with Gasteiger partial charge in [0, 0.05) is 12.1 Å². The second kappa shape index (κ2) is 9.13. The molecule has 0 unspecified atom stereocenters. The summed E-state index contributed by atoms with van der Waals surface area (Å²) in [6.07, 6.45) is -0.688. The molecule has 2 aromatic rings. The molecule has 0 aliphatic carbocycles. The number of benzene rings is 2. The van der Waals surface area contributed by atoms with E-state index in [1.54, 1.807) is 39.0 Å². The van der Waals surface area contributed by atoms with Gasteiger partial charge in [-0.15, -0.1) is 0 Å². The minimum absolute atomic E-state index is 0.123. The van der Waals surface area contributed by atoms with Crippen molar-refractivity contribution in [2.75, 3.05) is 26.6 Å². The molecule has 0 radical (unpaired) electrons. The van der Waals surface area contributed by atoms with E-state index < -0.39 is 11.7 Å². The quantitative estimate of drug-likeness (QED) is 0.508. The molecular weight excluding hydrogens is 378 g/mol. The van der Waals surface area contributed by atoms with Crippen molar-refractivity contribution in [1.82, 2.24) is 0 Å². The molecule has 9 heteroatoms. The van der Waals surface area contributed by atoms with Crippen LogP contribution in [0.3, 0.4) is 0 Å². The molecule has 0 fully saturated rings. The Bertz CT molecular complexity index is 881. The Morgan fingerprint density at radius 2 is 1.52 bits per heavy atom. The lowest BCUT2D eigenvalue weighted by atomic mass is 10.2. The Morgan fingerprint density at radius 1 is 0.931 bits per heavy atom. The second-order valence-corrected chi connectivity index (χ2v) is 6.91. The number of phenols is 1. The third kappa shape index (κ3) is 6.00. The number of hydrogen-bond acceptors (Lipinski definition) is 8. The number of azo groups is 1. The van der Waals surface area contributed by atoms with Gasteiger partial charge < -0.3 is 24.1 Å².